The minimum Gasteiger partial charge on any atom is -0.375 e. The number of ether oxygens (including phenoxy) is 2. The summed E-state index contributed by atoms with van der Waals surface area (Å²) in [7, 11) is 0. The van der Waals surface area contributed by atoms with Crippen LogP contribution >= 0.6 is 0 Å². The molecule has 0 N–H and O–H groups in total. The summed E-state index contributed by atoms with van der Waals surface area (Å²) in [5.74, 6) is 3.40. The Bertz CT molecular complexity index is 483. The van der Waals surface area contributed by atoms with Crippen molar-refractivity contribution in [2.24, 2.45) is 29.6 Å². The number of rotatable bonds is 4. The van der Waals surface area contributed by atoms with E-state index < -0.39 is 24.6 Å². The van der Waals surface area contributed by atoms with Crippen LogP contribution in [0.2, 0.25) is 0 Å². The number of hydrogen-bond donors (Lipinski definition) is 0. The summed E-state index contributed by atoms with van der Waals surface area (Å²) in [6.07, 6.45) is 8.99. The van der Waals surface area contributed by atoms with E-state index in [9.17, 15) is 8.78 Å². The van der Waals surface area contributed by atoms with Crippen molar-refractivity contribution in [3.63, 3.8) is 0 Å². The van der Waals surface area contributed by atoms with Gasteiger partial charge in [0.25, 0.3) is 0 Å². The maximum atomic E-state index is 14.7. The molecule has 0 spiro atoms. The highest BCUT2D eigenvalue weighted by molar-refractivity contribution is 4.97. The van der Waals surface area contributed by atoms with E-state index in [0.717, 1.165) is 30.6 Å². The van der Waals surface area contributed by atoms with Gasteiger partial charge in [-0.15, -0.1) is 0 Å². The summed E-state index contributed by atoms with van der Waals surface area (Å²) in [5.41, 5.74) is 0. The highest BCUT2D eigenvalue weighted by Gasteiger charge is 2.49. The third-order valence-corrected chi connectivity index (χ3v) is 8.47. The zero-order valence-electron chi connectivity index (χ0n) is 19.8. The number of halogens is 2. The van der Waals surface area contributed by atoms with Crippen molar-refractivity contribution in [1.29, 1.82) is 0 Å². The molecule has 6 unspecified atom stereocenters. The first-order valence-electron chi connectivity index (χ1n) is 13.1. The van der Waals surface area contributed by atoms with Crippen LogP contribution < -0.4 is 0 Å². The van der Waals surface area contributed by atoms with E-state index in [0.29, 0.717) is 18.9 Å². The van der Waals surface area contributed by atoms with E-state index in [-0.39, 0.29) is 12.0 Å². The van der Waals surface area contributed by atoms with Crippen LogP contribution in [0.5, 0.6) is 0 Å². The van der Waals surface area contributed by atoms with Crippen molar-refractivity contribution in [3.05, 3.63) is 0 Å². The third kappa shape index (κ3) is 5.97. The predicted octanol–water partition coefficient (Wildman–Crippen LogP) is 7.29. The van der Waals surface area contributed by atoms with E-state index in [1.165, 1.54) is 51.4 Å². The number of alkyl halides is 2. The molecule has 0 radical (unpaired) electrons. The first kappa shape index (κ1) is 24.4. The van der Waals surface area contributed by atoms with Gasteiger partial charge in [-0.25, -0.2) is 8.78 Å². The molecular formula is C26H46F2O2. The fourth-order valence-electron chi connectivity index (χ4n) is 6.47. The molecule has 3 saturated carbocycles. The van der Waals surface area contributed by atoms with Crippen molar-refractivity contribution in [2.75, 3.05) is 6.61 Å². The van der Waals surface area contributed by atoms with Gasteiger partial charge >= 0.3 is 0 Å². The molecule has 2 nitrogen and oxygen atoms in total. The highest BCUT2D eigenvalue weighted by atomic mass is 19.2. The summed E-state index contributed by atoms with van der Waals surface area (Å²) in [4.78, 5) is 0. The quantitative estimate of drug-likeness (QED) is 0.468. The second-order valence-electron chi connectivity index (χ2n) is 10.5. The molecule has 4 aliphatic rings. The molecule has 0 bridgehead atoms. The number of fused-ring (bicyclic) bond motifs is 1. The number of hydrogen-bond acceptors (Lipinski definition) is 2. The van der Waals surface area contributed by atoms with Gasteiger partial charge in [-0.05, 0) is 94.3 Å². The molecular weight excluding hydrogens is 382 g/mol. The van der Waals surface area contributed by atoms with Gasteiger partial charge in [-0.1, -0.05) is 33.6 Å². The lowest BCUT2D eigenvalue weighted by Gasteiger charge is -2.45. The normalized spacial score (nSPS) is 47.0. The summed E-state index contributed by atoms with van der Waals surface area (Å²) < 4.78 is 41.0. The molecule has 1 aliphatic heterocycles. The standard InChI is InChI=1S/C24H40F2O2.C2H6/c1-15-3-8-18(9-4-15)19-11-6-17(7-12-19)14-27-21-13-20-10-5-16(2)28-24(20)23(26)22(21)25;1-2/h15-24H,3-14H2,1-2H3;1-2H3. The second-order valence-corrected chi connectivity index (χ2v) is 10.5. The Balaban J connectivity index is 0.00000124. The Kier molecular flexibility index (Phi) is 9.43. The molecule has 0 aromatic carbocycles. The summed E-state index contributed by atoms with van der Waals surface area (Å²) >= 11 is 0. The van der Waals surface area contributed by atoms with Crippen LogP contribution in [0.3, 0.4) is 0 Å². The summed E-state index contributed by atoms with van der Waals surface area (Å²) in [6.45, 7) is 8.96. The molecule has 4 heteroatoms. The SMILES string of the molecule is CC.CC1CCC(C2CCC(COC3CC4CCC(C)OC4C(F)C3F)CC2)CC1. The largest absolute Gasteiger partial charge is 0.375 e. The molecule has 4 fully saturated rings. The maximum absolute atomic E-state index is 14.7. The lowest BCUT2D eigenvalue weighted by atomic mass is 9.69. The Hall–Kier alpha value is -0.220. The third-order valence-electron chi connectivity index (χ3n) is 8.47. The molecule has 6 atom stereocenters. The van der Waals surface area contributed by atoms with Crippen molar-refractivity contribution in [2.45, 2.75) is 129 Å². The van der Waals surface area contributed by atoms with Crippen molar-refractivity contribution in [3.8, 4) is 0 Å². The van der Waals surface area contributed by atoms with Gasteiger partial charge in [0.15, 0.2) is 12.3 Å². The van der Waals surface area contributed by atoms with Gasteiger partial charge in [0.1, 0.15) is 0 Å². The molecule has 0 aromatic heterocycles. The predicted molar refractivity (Wildman–Crippen MR) is 119 cm³/mol. The van der Waals surface area contributed by atoms with Crippen LogP contribution in [-0.2, 0) is 9.47 Å². The van der Waals surface area contributed by atoms with Crippen molar-refractivity contribution in [1.82, 2.24) is 0 Å². The Morgan fingerprint density at radius 2 is 1.30 bits per heavy atom. The van der Waals surface area contributed by atoms with Crippen LogP contribution in [0.4, 0.5) is 8.78 Å². The topological polar surface area (TPSA) is 18.5 Å². The lowest BCUT2D eigenvalue weighted by Crippen LogP contribution is -2.54. The Labute approximate surface area is 183 Å². The van der Waals surface area contributed by atoms with E-state index in [1.54, 1.807) is 0 Å². The van der Waals surface area contributed by atoms with Crippen molar-refractivity contribution < 1.29 is 18.3 Å². The Morgan fingerprint density at radius 1 is 0.733 bits per heavy atom. The average molecular weight is 429 g/mol. The van der Waals surface area contributed by atoms with Crippen LogP contribution in [0.15, 0.2) is 0 Å². The first-order chi connectivity index (χ1) is 14.5. The van der Waals surface area contributed by atoms with Gasteiger partial charge in [0, 0.05) is 6.61 Å². The molecule has 176 valence electrons. The zero-order chi connectivity index (χ0) is 21.7. The van der Waals surface area contributed by atoms with Crippen LogP contribution in [0, 0.1) is 29.6 Å². The summed E-state index contributed by atoms with van der Waals surface area (Å²) in [5, 5.41) is 0. The Morgan fingerprint density at radius 3 is 1.93 bits per heavy atom. The molecule has 4 rings (SSSR count). The molecule has 3 aliphatic carbocycles. The van der Waals surface area contributed by atoms with Crippen molar-refractivity contribution >= 4 is 0 Å². The minimum atomic E-state index is -1.54. The van der Waals surface area contributed by atoms with E-state index in [2.05, 4.69) is 6.92 Å². The van der Waals surface area contributed by atoms with Crippen LogP contribution in [0.25, 0.3) is 0 Å². The summed E-state index contributed by atoms with van der Waals surface area (Å²) in [6, 6.07) is 0. The minimum absolute atomic E-state index is 0.0479. The lowest BCUT2D eigenvalue weighted by molar-refractivity contribution is -0.181. The molecule has 0 aromatic rings. The van der Waals surface area contributed by atoms with Gasteiger partial charge in [0.2, 0.25) is 0 Å². The van der Waals surface area contributed by atoms with Gasteiger partial charge in [0.05, 0.1) is 18.3 Å². The van der Waals surface area contributed by atoms with E-state index in [1.807, 2.05) is 20.8 Å². The van der Waals surface area contributed by atoms with Crippen LogP contribution in [0.1, 0.15) is 98.3 Å². The molecule has 1 saturated heterocycles. The van der Waals surface area contributed by atoms with Crippen LogP contribution in [-0.4, -0.2) is 37.3 Å². The van der Waals surface area contributed by atoms with Gasteiger partial charge < -0.3 is 9.47 Å². The average Bonchev–Trinajstić information content (AvgIpc) is 2.78. The monoisotopic (exact) mass is 428 g/mol. The maximum Gasteiger partial charge on any atom is 0.160 e. The molecule has 0 amide bonds. The smallest absolute Gasteiger partial charge is 0.160 e. The molecule has 1 heterocycles. The fourth-order valence-corrected chi connectivity index (χ4v) is 6.47. The molecule has 30 heavy (non-hydrogen) atoms. The van der Waals surface area contributed by atoms with E-state index in [4.69, 9.17) is 9.47 Å². The van der Waals surface area contributed by atoms with E-state index >= 15 is 0 Å². The zero-order valence-corrected chi connectivity index (χ0v) is 19.8. The highest BCUT2D eigenvalue weighted by Crippen LogP contribution is 2.43. The fraction of sp³-hybridized carbons (Fsp3) is 1.00. The second kappa shape index (κ2) is 11.6. The van der Waals surface area contributed by atoms with Gasteiger partial charge in [-0.2, -0.15) is 0 Å². The first-order valence-corrected chi connectivity index (χ1v) is 13.1. The van der Waals surface area contributed by atoms with Gasteiger partial charge in [-0.3, -0.25) is 0 Å².